The zero-order chi connectivity index (χ0) is 21.4. The Balaban J connectivity index is 1.11. The molecule has 2 N–H and O–H groups in total. The smallest absolute Gasteiger partial charge is 0.197 e. The fraction of sp³-hybridized carbons (Fsp3) is 0.560. The lowest BCUT2D eigenvalue weighted by atomic mass is 9.91. The summed E-state index contributed by atoms with van der Waals surface area (Å²) >= 11 is 0. The molecule has 1 fully saturated rings. The van der Waals surface area contributed by atoms with Crippen molar-refractivity contribution in [3.8, 4) is 11.8 Å². The minimum atomic E-state index is 0.294. The second kappa shape index (κ2) is 8.58. The first-order chi connectivity index (χ1) is 15.1. The summed E-state index contributed by atoms with van der Waals surface area (Å²) in [7, 11) is 0. The molecule has 1 saturated heterocycles. The van der Waals surface area contributed by atoms with Gasteiger partial charge in [-0.3, -0.25) is 4.57 Å². The molecule has 31 heavy (non-hydrogen) atoms. The largest absolute Gasteiger partial charge is 0.494 e. The average Bonchev–Trinajstić information content (AvgIpc) is 3.31. The van der Waals surface area contributed by atoms with Crippen LogP contribution in [0.15, 0.2) is 22.7 Å². The monoisotopic (exact) mass is 423 g/mol. The standard InChI is InChI=1S/C25H33N3O3/c1-17-8-9-21-22(16-17)31-26-23(21)18-10-14-27(15-11-18)12-4-5-13-28-24(29)19-6-2-3-7-20(19)25(28)30/h8-9,16,18,29-30H,2-7,10-15H2,1H3. The second-order valence-corrected chi connectivity index (χ2v) is 9.35. The van der Waals surface area contributed by atoms with Gasteiger partial charge in [0.05, 0.1) is 5.69 Å². The van der Waals surface area contributed by atoms with Crippen LogP contribution in [0, 0.1) is 6.92 Å². The van der Waals surface area contributed by atoms with E-state index in [1.807, 2.05) is 0 Å². The summed E-state index contributed by atoms with van der Waals surface area (Å²) < 4.78 is 7.30. The maximum absolute atomic E-state index is 10.5. The van der Waals surface area contributed by atoms with Crippen molar-refractivity contribution in [3.63, 3.8) is 0 Å². The summed E-state index contributed by atoms with van der Waals surface area (Å²) in [5.74, 6) is 1.06. The number of aromatic nitrogens is 2. The van der Waals surface area contributed by atoms with Gasteiger partial charge < -0.3 is 19.6 Å². The number of hydrogen-bond donors (Lipinski definition) is 2. The minimum absolute atomic E-state index is 0.294. The van der Waals surface area contributed by atoms with Gasteiger partial charge in [-0.1, -0.05) is 11.2 Å². The Morgan fingerprint density at radius 1 is 1.00 bits per heavy atom. The molecule has 5 rings (SSSR count). The molecule has 3 aromatic rings. The van der Waals surface area contributed by atoms with Crippen LogP contribution in [0.5, 0.6) is 11.8 Å². The molecule has 3 heterocycles. The van der Waals surface area contributed by atoms with Crippen molar-refractivity contribution in [2.75, 3.05) is 19.6 Å². The van der Waals surface area contributed by atoms with Crippen LogP contribution in [-0.4, -0.2) is 44.5 Å². The Morgan fingerprint density at radius 3 is 2.39 bits per heavy atom. The summed E-state index contributed by atoms with van der Waals surface area (Å²) in [6.45, 7) is 5.99. The van der Waals surface area contributed by atoms with Gasteiger partial charge in [0.1, 0.15) is 0 Å². The third-order valence-electron chi connectivity index (χ3n) is 7.25. The van der Waals surface area contributed by atoms with E-state index < -0.39 is 0 Å². The summed E-state index contributed by atoms with van der Waals surface area (Å²) in [4.78, 5) is 2.53. The van der Waals surface area contributed by atoms with Gasteiger partial charge in [0, 0.05) is 29.0 Å². The van der Waals surface area contributed by atoms with E-state index in [2.05, 4.69) is 35.2 Å². The maximum atomic E-state index is 10.5. The summed E-state index contributed by atoms with van der Waals surface area (Å²) in [5.41, 5.74) is 5.17. The predicted molar refractivity (Wildman–Crippen MR) is 121 cm³/mol. The maximum Gasteiger partial charge on any atom is 0.197 e. The van der Waals surface area contributed by atoms with Gasteiger partial charge in [-0.15, -0.1) is 0 Å². The average molecular weight is 424 g/mol. The van der Waals surface area contributed by atoms with Crippen LogP contribution in [0.4, 0.5) is 0 Å². The van der Waals surface area contributed by atoms with Crippen molar-refractivity contribution in [3.05, 3.63) is 40.6 Å². The van der Waals surface area contributed by atoms with Crippen LogP contribution >= 0.6 is 0 Å². The van der Waals surface area contributed by atoms with Gasteiger partial charge in [-0.2, -0.15) is 0 Å². The molecule has 1 aliphatic heterocycles. The summed E-state index contributed by atoms with van der Waals surface area (Å²) in [6.07, 6.45) is 8.23. The molecule has 0 spiro atoms. The van der Waals surface area contributed by atoms with E-state index in [0.29, 0.717) is 24.2 Å². The van der Waals surface area contributed by atoms with Crippen molar-refractivity contribution >= 4 is 11.0 Å². The minimum Gasteiger partial charge on any atom is -0.494 e. The number of benzene rings is 1. The third-order valence-corrected chi connectivity index (χ3v) is 7.25. The number of rotatable bonds is 6. The Hall–Kier alpha value is -2.47. The highest BCUT2D eigenvalue weighted by Gasteiger charge is 2.26. The molecule has 0 bridgehead atoms. The first-order valence-corrected chi connectivity index (χ1v) is 11.8. The van der Waals surface area contributed by atoms with E-state index in [1.165, 1.54) is 5.56 Å². The lowest BCUT2D eigenvalue weighted by molar-refractivity contribution is 0.204. The topological polar surface area (TPSA) is 74.7 Å². The van der Waals surface area contributed by atoms with Gasteiger partial charge in [-0.25, -0.2) is 0 Å². The second-order valence-electron chi connectivity index (χ2n) is 9.35. The van der Waals surface area contributed by atoms with Crippen LogP contribution in [0.3, 0.4) is 0 Å². The predicted octanol–water partition coefficient (Wildman–Crippen LogP) is 4.89. The Morgan fingerprint density at radius 2 is 1.68 bits per heavy atom. The molecular formula is C25H33N3O3. The van der Waals surface area contributed by atoms with Crippen molar-refractivity contribution in [2.24, 2.45) is 0 Å². The molecule has 166 valence electrons. The molecule has 0 unspecified atom stereocenters. The van der Waals surface area contributed by atoms with Gasteiger partial charge in [0.25, 0.3) is 0 Å². The molecule has 0 saturated carbocycles. The molecule has 6 heteroatoms. The van der Waals surface area contributed by atoms with E-state index in [4.69, 9.17) is 4.52 Å². The Labute approximate surface area is 183 Å². The number of aryl methyl sites for hydroxylation is 1. The van der Waals surface area contributed by atoms with E-state index in [9.17, 15) is 10.2 Å². The lowest BCUT2D eigenvalue weighted by Gasteiger charge is -2.31. The quantitative estimate of drug-likeness (QED) is 0.552. The number of hydrogen-bond acceptors (Lipinski definition) is 5. The van der Waals surface area contributed by atoms with Gasteiger partial charge in [0.2, 0.25) is 0 Å². The Bertz CT molecular complexity index is 1030. The number of piperidine rings is 1. The van der Waals surface area contributed by atoms with E-state index in [1.54, 1.807) is 4.57 Å². The number of aromatic hydroxyl groups is 2. The van der Waals surface area contributed by atoms with Gasteiger partial charge in [0.15, 0.2) is 17.3 Å². The molecule has 0 atom stereocenters. The van der Waals surface area contributed by atoms with Crippen LogP contribution in [0.2, 0.25) is 0 Å². The van der Waals surface area contributed by atoms with Crippen LogP contribution in [-0.2, 0) is 19.4 Å². The zero-order valence-corrected chi connectivity index (χ0v) is 18.4. The molecule has 2 aromatic heterocycles. The molecular weight excluding hydrogens is 390 g/mol. The van der Waals surface area contributed by atoms with Gasteiger partial charge in [-0.05, 0) is 95.6 Å². The van der Waals surface area contributed by atoms with Crippen molar-refractivity contribution in [1.82, 2.24) is 14.6 Å². The molecule has 2 aliphatic rings. The molecule has 1 aromatic carbocycles. The first kappa shape index (κ1) is 20.4. The Kier molecular flexibility index (Phi) is 5.65. The van der Waals surface area contributed by atoms with E-state index >= 15 is 0 Å². The number of fused-ring (bicyclic) bond motifs is 2. The SMILES string of the molecule is Cc1ccc2c(C3CCN(CCCCn4c(O)c5c(c4O)CCCC5)CC3)noc2c1. The highest BCUT2D eigenvalue weighted by molar-refractivity contribution is 5.80. The molecule has 0 radical (unpaired) electrons. The van der Waals surface area contributed by atoms with Crippen molar-refractivity contribution in [1.29, 1.82) is 0 Å². The number of nitrogens with zero attached hydrogens (tertiary/aromatic N) is 3. The fourth-order valence-electron chi connectivity index (χ4n) is 5.43. The van der Waals surface area contributed by atoms with Gasteiger partial charge >= 0.3 is 0 Å². The fourth-order valence-corrected chi connectivity index (χ4v) is 5.43. The normalized spacial score (nSPS) is 18.0. The number of unbranched alkanes of at least 4 members (excludes halogenated alkanes) is 1. The van der Waals surface area contributed by atoms with Crippen LogP contribution < -0.4 is 0 Å². The molecule has 1 aliphatic carbocycles. The highest BCUT2D eigenvalue weighted by Crippen LogP contribution is 2.39. The summed E-state index contributed by atoms with van der Waals surface area (Å²) in [6, 6.07) is 6.35. The summed E-state index contributed by atoms with van der Waals surface area (Å²) in [5, 5.41) is 26.5. The van der Waals surface area contributed by atoms with E-state index in [0.717, 1.165) is 98.8 Å². The molecule has 0 amide bonds. The van der Waals surface area contributed by atoms with Crippen molar-refractivity contribution in [2.45, 2.75) is 70.8 Å². The van der Waals surface area contributed by atoms with E-state index in [-0.39, 0.29) is 0 Å². The van der Waals surface area contributed by atoms with Crippen molar-refractivity contribution < 1.29 is 14.7 Å². The zero-order valence-electron chi connectivity index (χ0n) is 18.4. The third kappa shape index (κ3) is 3.93. The lowest BCUT2D eigenvalue weighted by Crippen LogP contribution is -2.33. The number of likely N-dealkylation sites (tertiary alicyclic amines) is 1. The highest BCUT2D eigenvalue weighted by atomic mass is 16.5. The molecule has 6 nitrogen and oxygen atoms in total. The van der Waals surface area contributed by atoms with Crippen LogP contribution in [0.1, 0.15) is 66.8 Å². The van der Waals surface area contributed by atoms with Crippen LogP contribution in [0.25, 0.3) is 11.0 Å². The first-order valence-electron chi connectivity index (χ1n) is 11.8.